The second kappa shape index (κ2) is 5.68. The number of aromatic hydroxyl groups is 1. The Kier molecular flexibility index (Phi) is 3.50. The van der Waals surface area contributed by atoms with Crippen LogP contribution in [0.1, 0.15) is 16.8 Å². The molecule has 2 aliphatic rings. The molecular formula is C17H18N4O3. The van der Waals surface area contributed by atoms with E-state index in [1.54, 1.807) is 18.2 Å². The van der Waals surface area contributed by atoms with Gasteiger partial charge in [0.25, 0.3) is 5.56 Å². The van der Waals surface area contributed by atoms with Gasteiger partial charge in [0.15, 0.2) is 0 Å². The number of nitrogens with zero attached hydrogens (tertiary/aromatic N) is 2. The average Bonchev–Trinajstić information content (AvgIpc) is 2.55. The van der Waals surface area contributed by atoms with Crippen molar-refractivity contribution < 1.29 is 9.84 Å². The van der Waals surface area contributed by atoms with Gasteiger partial charge in [0.1, 0.15) is 18.1 Å². The summed E-state index contributed by atoms with van der Waals surface area (Å²) < 4.78 is 5.74. The van der Waals surface area contributed by atoms with Gasteiger partial charge in [0, 0.05) is 31.6 Å². The van der Waals surface area contributed by atoms with Crippen molar-refractivity contribution in [3.05, 3.63) is 50.9 Å². The molecule has 1 aromatic heterocycles. The molecule has 1 aromatic carbocycles. The number of fused-ring (bicyclic) bond motifs is 2. The highest BCUT2D eigenvalue weighted by Gasteiger charge is 2.22. The maximum atomic E-state index is 12.1. The molecule has 124 valence electrons. The summed E-state index contributed by atoms with van der Waals surface area (Å²) in [5.74, 6) is 1.17. The van der Waals surface area contributed by atoms with Crippen LogP contribution in [-0.4, -0.2) is 39.7 Å². The van der Waals surface area contributed by atoms with Gasteiger partial charge in [-0.3, -0.25) is 14.7 Å². The number of aromatic nitrogens is 2. The highest BCUT2D eigenvalue weighted by atomic mass is 16.5. The van der Waals surface area contributed by atoms with Gasteiger partial charge in [-0.25, -0.2) is 4.98 Å². The minimum absolute atomic E-state index is 0.161. The molecule has 0 fully saturated rings. The molecule has 4 rings (SSSR count). The van der Waals surface area contributed by atoms with Crippen molar-refractivity contribution in [3.8, 4) is 11.5 Å². The molecule has 2 aromatic rings. The van der Waals surface area contributed by atoms with Gasteiger partial charge >= 0.3 is 0 Å². The lowest BCUT2D eigenvalue weighted by atomic mass is 10.0. The van der Waals surface area contributed by atoms with Crippen LogP contribution in [0.5, 0.6) is 11.5 Å². The number of rotatable bonds is 2. The van der Waals surface area contributed by atoms with Crippen LogP contribution in [0.4, 0.5) is 5.95 Å². The fourth-order valence-corrected chi connectivity index (χ4v) is 3.23. The minimum atomic E-state index is -0.161. The number of phenols is 1. The van der Waals surface area contributed by atoms with E-state index in [1.807, 2.05) is 6.08 Å². The van der Waals surface area contributed by atoms with Crippen LogP contribution in [0.3, 0.4) is 0 Å². The summed E-state index contributed by atoms with van der Waals surface area (Å²) in [5, 5.41) is 9.61. The number of aromatic amines is 1. The Balaban J connectivity index is 1.54. The second-order valence-electron chi connectivity index (χ2n) is 6.15. The minimum Gasteiger partial charge on any atom is -0.508 e. The number of hydrogen-bond acceptors (Lipinski definition) is 6. The Morgan fingerprint density at radius 2 is 2.29 bits per heavy atom. The van der Waals surface area contributed by atoms with E-state index in [2.05, 4.69) is 14.9 Å². The molecule has 0 aliphatic carbocycles. The van der Waals surface area contributed by atoms with Crippen molar-refractivity contribution >= 4 is 12.0 Å². The molecule has 2 aliphatic heterocycles. The lowest BCUT2D eigenvalue weighted by molar-refractivity contribution is 0.254. The summed E-state index contributed by atoms with van der Waals surface area (Å²) in [5.41, 5.74) is 8.90. The Labute approximate surface area is 138 Å². The number of nitrogen functional groups attached to an aromatic ring is 1. The standard InChI is InChI=1S/C17H18N4O3/c18-17-19-14-3-4-21(8-13(14)16(23)20-17)7-10-5-11-6-12(22)1-2-15(11)24-9-10/h1-2,5-6,22H,3-4,7-9H2,(H3,18,19,20,23). The zero-order valence-electron chi connectivity index (χ0n) is 13.1. The third kappa shape index (κ3) is 2.74. The lowest BCUT2D eigenvalue weighted by Gasteiger charge is -2.29. The van der Waals surface area contributed by atoms with Gasteiger partial charge in [0.2, 0.25) is 5.95 Å². The molecule has 0 radical (unpaired) electrons. The monoisotopic (exact) mass is 326 g/mol. The zero-order chi connectivity index (χ0) is 16.7. The van der Waals surface area contributed by atoms with Crippen molar-refractivity contribution in [1.29, 1.82) is 0 Å². The molecule has 0 saturated heterocycles. The van der Waals surface area contributed by atoms with E-state index in [0.29, 0.717) is 31.7 Å². The smallest absolute Gasteiger partial charge is 0.257 e. The van der Waals surface area contributed by atoms with Crippen molar-refractivity contribution in [2.75, 3.05) is 25.4 Å². The Morgan fingerprint density at radius 1 is 1.42 bits per heavy atom. The third-order valence-electron chi connectivity index (χ3n) is 4.36. The lowest BCUT2D eigenvalue weighted by Crippen LogP contribution is -2.37. The number of anilines is 1. The summed E-state index contributed by atoms with van der Waals surface area (Å²) in [6.45, 7) is 2.57. The third-order valence-corrected chi connectivity index (χ3v) is 4.36. The Bertz CT molecular complexity index is 888. The van der Waals surface area contributed by atoms with Crippen LogP contribution in [0, 0.1) is 0 Å². The van der Waals surface area contributed by atoms with E-state index in [0.717, 1.165) is 29.1 Å². The Hall–Kier alpha value is -2.80. The Morgan fingerprint density at radius 3 is 3.17 bits per heavy atom. The largest absolute Gasteiger partial charge is 0.508 e. The van der Waals surface area contributed by atoms with E-state index in [-0.39, 0.29) is 17.3 Å². The summed E-state index contributed by atoms with van der Waals surface area (Å²) in [7, 11) is 0. The predicted molar refractivity (Wildman–Crippen MR) is 89.8 cm³/mol. The van der Waals surface area contributed by atoms with Gasteiger partial charge in [-0.1, -0.05) is 0 Å². The van der Waals surface area contributed by atoms with E-state index in [9.17, 15) is 9.90 Å². The van der Waals surface area contributed by atoms with E-state index in [1.165, 1.54) is 0 Å². The van der Waals surface area contributed by atoms with Gasteiger partial charge in [-0.15, -0.1) is 0 Å². The number of nitrogens with two attached hydrogens (primary N) is 1. The van der Waals surface area contributed by atoms with Crippen LogP contribution < -0.4 is 16.0 Å². The molecule has 0 unspecified atom stereocenters. The number of H-pyrrole nitrogens is 1. The summed E-state index contributed by atoms with van der Waals surface area (Å²) in [4.78, 5) is 21.0. The number of phenolic OH excluding ortho intramolecular Hbond substituents is 1. The summed E-state index contributed by atoms with van der Waals surface area (Å²) >= 11 is 0. The van der Waals surface area contributed by atoms with Crippen LogP contribution in [0.2, 0.25) is 0 Å². The first kappa shape index (κ1) is 14.8. The van der Waals surface area contributed by atoms with Crippen molar-refractivity contribution in [2.45, 2.75) is 13.0 Å². The molecule has 0 atom stereocenters. The zero-order valence-corrected chi connectivity index (χ0v) is 13.1. The van der Waals surface area contributed by atoms with Gasteiger partial charge in [-0.2, -0.15) is 0 Å². The first-order chi connectivity index (χ1) is 11.6. The maximum absolute atomic E-state index is 12.1. The van der Waals surface area contributed by atoms with Crippen molar-refractivity contribution in [2.24, 2.45) is 0 Å². The molecule has 0 bridgehead atoms. The predicted octanol–water partition coefficient (Wildman–Crippen LogP) is 0.892. The summed E-state index contributed by atoms with van der Waals surface area (Å²) in [6, 6.07) is 5.08. The van der Waals surface area contributed by atoms with Crippen molar-refractivity contribution in [3.63, 3.8) is 0 Å². The van der Waals surface area contributed by atoms with Gasteiger partial charge in [0.05, 0.1) is 11.3 Å². The topological polar surface area (TPSA) is 104 Å². The fourth-order valence-electron chi connectivity index (χ4n) is 3.23. The molecule has 7 heteroatoms. The van der Waals surface area contributed by atoms with Crippen LogP contribution in [-0.2, 0) is 13.0 Å². The number of hydrogen-bond donors (Lipinski definition) is 3. The van der Waals surface area contributed by atoms with Crippen LogP contribution in [0.25, 0.3) is 6.08 Å². The van der Waals surface area contributed by atoms with Crippen LogP contribution >= 0.6 is 0 Å². The molecule has 0 amide bonds. The highest BCUT2D eigenvalue weighted by molar-refractivity contribution is 5.64. The normalized spacial score (nSPS) is 16.8. The molecular weight excluding hydrogens is 308 g/mol. The molecule has 24 heavy (non-hydrogen) atoms. The highest BCUT2D eigenvalue weighted by Crippen LogP contribution is 2.30. The quantitative estimate of drug-likeness (QED) is 0.757. The van der Waals surface area contributed by atoms with Crippen LogP contribution in [0.15, 0.2) is 28.6 Å². The van der Waals surface area contributed by atoms with Gasteiger partial charge in [-0.05, 0) is 29.8 Å². The first-order valence-corrected chi connectivity index (χ1v) is 7.83. The number of benzene rings is 1. The molecule has 4 N–H and O–H groups in total. The molecule has 0 saturated carbocycles. The number of ether oxygens (including phenoxy) is 1. The fraction of sp³-hybridized carbons (Fsp3) is 0.294. The van der Waals surface area contributed by atoms with Crippen molar-refractivity contribution in [1.82, 2.24) is 14.9 Å². The molecule has 0 spiro atoms. The number of nitrogens with one attached hydrogen (secondary N) is 1. The van der Waals surface area contributed by atoms with E-state index >= 15 is 0 Å². The average molecular weight is 326 g/mol. The SMILES string of the molecule is Nc1nc2c(c(=O)[nH]1)CN(CC1=Cc3cc(O)ccc3OC1)CC2. The van der Waals surface area contributed by atoms with Gasteiger partial charge < -0.3 is 15.6 Å². The first-order valence-electron chi connectivity index (χ1n) is 7.83. The maximum Gasteiger partial charge on any atom is 0.257 e. The van der Waals surface area contributed by atoms with E-state index < -0.39 is 0 Å². The molecule has 7 nitrogen and oxygen atoms in total. The second-order valence-corrected chi connectivity index (χ2v) is 6.15. The van der Waals surface area contributed by atoms with E-state index in [4.69, 9.17) is 10.5 Å². The summed E-state index contributed by atoms with van der Waals surface area (Å²) in [6.07, 6.45) is 2.74. The molecule has 3 heterocycles.